The van der Waals surface area contributed by atoms with Gasteiger partial charge in [-0.3, -0.25) is 9.36 Å². The Balaban J connectivity index is 2.51. The predicted molar refractivity (Wildman–Crippen MR) is 104 cm³/mol. The van der Waals surface area contributed by atoms with Crippen LogP contribution in [-0.4, -0.2) is 28.5 Å². The second-order valence-corrected chi connectivity index (χ2v) is 5.87. The van der Waals surface area contributed by atoms with E-state index in [1.165, 1.54) is 28.6 Å². The van der Waals surface area contributed by atoms with E-state index in [9.17, 15) is 9.59 Å². The summed E-state index contributed by atoms with van der Waals surface area (Å²) < 4.78 is 7.52. The van der Waals surface area contributed by atoms with Gasteiger partial charge in [-0.2, -0.15) is 9.78 Å². The summed E-state index contributed by atoms with van der Waals surface area (Å²) in [7, 11) is 1.25. The Morgan fingerprint density at radius 3 is 2.69 bits per heavy atom. The van der Waals surface area contributed by atoms with Crippen LogP contribution in [0.2, 0.25) is 0 Å². The molecule has 136 valence electrons. The monoisotopic (exact) mass is 371 g/mol. The highest BCUT2D eigenvalue weighted by molar-refractivity contribution is 7.71. The quantitative estimate of drug-likeness (QED) is 0.425. The van der Waals surface area contributed by atoms with E-state index < -0.39 is 5.97 Å². The molecule has 0 N–H and O–H groups in total. The molecule has 1 aromatic carbocycles. The molecule has 0 saturated heterocycles. The first kappa shape index (κ1) is 19.5. The van der Waals surface area contributed by atoms with Crippen LogP contribution in [0.15, 0.2) is 58.4 Å². The Morgan fingerprint density at radius 2 is 2.04 bits per heavy atom. The molecule has 7 heteroatoms. The Labute approximate surface area is 157 Å². The molecule has 0 unspecified atom stereocenters. The van der Waals surface area contributed by atoms with Crippen LogP contribution in [0.1, 0.15) is 35.8 Å². The SMILES string of the molecule is CCC/C=C/C=N/n1c(C(=O)OC)cc(=O)n(Cc2ccccc2)c1=S. The minimum absolute atomic E-state index is 0.00745. The number of hydrogen-bond acceptors (Lipinski definition) is 5. The third-order valence-corrected chi connectivity index (χ3v) is 4.00. The zero-order valence-corrected chi connectivity index (χ0v) is 15.6. The summed E-state index contributed by atoms with van der Waals surface area (Å²) in [6, 6.07) is 10.7. The largest absolute Gasteiger partial charge is 0.464 e. The summed E-state index contributed by atoms with van der Waals surface area (Å²) in [4.78, 5) is 24.5. The fourth-order valence-corrected chi connectivity index (χ4v) is 2.57. The lowest BCUT2D eigenvalue weighted by Crippen LogP contribution is -2.28. The van der Waals surface area contributed by atoms with E-state index in [2.05, 4.69) is 12.0 Å². The number of aromatic nitrogens is 2. The van der Waals surface area contributed by atoms with Crippen molar-refractivity contribution in [2.24, 2.45) is 5.10 Å². The number of unbranched alkanes of at least 4 members (excludes halogenated alkanes) is 1. The Bertz CT molecular complexity index is 927. The van der Waals surface area contributed by atoms with Crippen LogP contribution in [0.5, 0.6) is 0 Å². The summed E-state index contributed by atoms with van der Waals surface area (Å²) in [6.45, 7) is 2.37. The lowest BCUT2D eigenvalue weighted by atomic mass is 10.2. The number of carbonyl (C=O) groups is 1. The number of allylic oxidation sites excluding steroid dienone is 2. The standard InChI is InChI=1S/C19H21N3O3S/c1-3-4-5-9-12-20-22-16(18(24)25-2)13-17(23)21(19(22)26)14-15-10-7-6-8-11-15/h5-13H,3-4,14H2,1-2H3/b9-5+,20-12+. The van der Waals surface area contributed by atoms with Gasteiger partial charge in [0.25, 0.3) is 5.56 Å². The second-order valence-electron chi connectivity index (χ2n) is 5.51. The van der Waals surface area contributed by atoms with Crippen molar-refractivity contribution in [3.63, 3.8) is 0 Å². The van der Waals surface area contributed by atoms with Gasteiger partial charge in [0.1, 0.15) is 0 Å². The van der Waals surface area contributed by atoms with Crippen molar-refractivity contribution in [1.82, 2.24) is 9.24 Å². The van der Waals surface area contributed by atoms with Crippen molar-refractivity contribution in [3.05, 3.63) is 74.9 Å². The molecule has 0 atom stereocenters. The molecule has 26 heavy (non-hydrogen) atoms. The molecule has 2 rings (SSSR count). The van der Waals surface area contributed by atoms with Crippen LogP contribution >= 0.6 is 12.2 Å². The van der Waals surface area contributed by atoms with Crippen LogP contribution in [0.25, 0.3) is 0 Å². The fraction of sp³-hybridized carbons (Fsp3) is 0.263. The Morgan fingerprint density at radius 1 is 1.31 bits per heavy atom. The number of rotatable bonds is 7. The maximum atomic E-state index is 12.5. The summed E-state index contributed by atoms with van der Waals surface area (Å²) in [6.07, 6.45) is 7.23. The molecule has 0 bridgehead atoms. The van der Waals surface area contributed by atoms with Crippen LogP contribution in [0.4, 0.5) is 0 Å². The van der Waals surface area contributed by atoms with Crippen molar-refractivity contribution in [3.8, 4) is 0 Å². The lowest BCUT2D eigenvalue weighted by Gasteiger charge is -2.12. The molecule has 0 radical (unpaired) electrons. The van der Waals surface area contributed by atoms with Gasteiger partial charge in [-0.05, 0) is 30.3 Å². The minimum atomic E-state index is -0.672. The van der Waals surface area contributed by atoms with Crippen molar-refractivity contribution >= 4 is 24.4 Å². The Hall–Kier alpha value is -2.80. The van der Waals surface area contributed by atoms with E-state index in [0.29, 0.717) is 6.54 Å². The van der Waals surface area contributed by atoms with E-state index >= 15 is 0 Å². The number of nitrogens with zero attached hydrogens (tertiary/aromatic N) is 3. The van der Waals surface area contributed by atoms with Gasteiger partial charge in [-0.15, -0.1) is 0 Å². The molecule has 0 spiro atoms. The number of methoxy groups -OCH3 is 1. The molecule has 0 aliphatic heterocycles. The van der Waals surface area contributed by atoms with E-state index in [0.717, 1.165) is 18.4 Å². The van der Waals surface area contributed by atoms with Crippen LogP contribution in [0.3, 0.4) is 0 Å². The number of benzene rings is 1. The highest BCUT2D eigenvalue weighted by atomic mass is 32.1. The van der Waals surface area contributed by atoms with E-state index in [-0.39, 0.29) is 16.0 Å². The van der Waals surface area contributed by atoms with Crippen molar-refractivity contribution in [2.75, 3.05) is 7.11 Å². The second kappa shape index (κ2) is 9.62. The summed E-state index contributed by atoms with van der Waals surface area (Å²) in [5.41, 5.74) is 0.532. The molecule has 0 saturated carbocycles. The smallest absolute Gasteiger partial charge is 0.357 e. The summed E-state index contributed by atoms with van der Waals surface area (Å²) in [5.74, 6) is -0.672. The van der Waals surface area contributed by atoms with Gasteiger partial charge in [-0.25, -0.2) is 4.79 Å². The maximum Gasteiger partial charge on any atom is 0.357 e. The van der Waals surface area contributed by atoms with Gasteiger partial charge in [-0.1, -0.05) is 49.8 Å². The summed E-state index contributed by atoms with van der Waals surface area (Å²) in [5, 5.41) is 4.23. The molecule has 0 aliphatic rings. The molecular formula is C19H21N3O3S. The van der Waals surface area contributed by atoms with E-state index in [1.54, 1.807) is 6.08 Å². The third-order valence-electron chi connectivity index (χ3n) is 3.60. The highest BCUT2D eigenvalue weighted by Gasteiger charge is 2.15. The number of esters is 1. The van der Waals surface area contributed by atoms with Gasteiger partial charge in [0, 0.05) is 12.3 Å². The molecule has 0 amide bonds. The summed E-state index contributed by atoms with van der Waals surface area (Å²) >= 11 is 5.41. The fourth-order valence-electron chi connectivity index (χ4n) is 2.27. The number of ether oxygens (including phenoxy) is 1. The van der Waals surface area contributed by atoms with Crippen molar-refractivity contribution in [1.29, 1.82) is 0 Å². The highest BCUT2D eigenvalue weighted by Crippen LogP contribution is 2.06. The maximum absolute atomic E-state index is 12.5. The van der Waals surface area contributed by atoms with Crippen molar-refractivity contribution < 1.29 is 9.53 Å². The predicted octanol–water partition coefficient (Wildman–Crippen LogP) is 3.40. The average Bonchev–Trinajstić information content (AvgIpc) is 2.66. The average molecular weight is 371 g/mol. The third kappa shape index (κ3) is 4.86. The van der Waals surface area contributed by atoms with Crippen LogP contribution in [0, 0.1) is 4.77 Å². The van der Waals surface area contributed by atoms with E-state index in [4.69, 9.17) is 17.0 Å². The molecule has 2 aromatic rings. The molecule has 1 heterocycles. The van der Waals surface area contributed by atoms with Gasteiger partial charge in [0.2, 0.25) is 4.77 Å². The zero-order chi connectivity index (χ0) is 18.9. The minimum Gasteiger partial charge on any atom is -0.464 e. The Kier molecular flexibility index (Phi) is 7.23. The molecule has 6 nitrogen and oxygen atoms in total. The first-order valence-electron chi connectivity index (χ1n) is 8.27. The zero-order valence-electron chi connectivity index (χ0n) is 14.8. The van der Waals surface area contributed by atoms with Crippen molar-refractivity contribution in [2.45, 2.75) is 26.3 Å². The van der Waals surface area contributed by atoms with E-state index in [1.807, 2.05) is 36.4 Å². The molecular weight excluding hydrogens is 350 g/mol. The van der Waals surface area contributed by atoms with Gasteiger partial charge in [0.15, 0.2) is 5.69 Å². The molecule has 1 aromatic heterocycles. The molecule has 0 aliphatic carbocycles. The first-order chi connectivity index (χ1) is 12.6. The molecule has 0 fully saturated rings. The topological polar surface area (TPSA) is 65.6 Å². The van der Waals surface area contributed by atoms with Gasteiger partial charge in [0.05, 0.1) is 13.7 Å². The lowest BCUT2D eigenvalue weighted by molar-refractivity contribution is 0.0587. The van der Waals surface area contributed by atoms with Gasteiger partial charge < -0.3 is 4.74 Å². The van der Waals surface area contributed by atoms with Crippen LogP contribution in [-0.2, 0) is 11.3 Å². The number of carbonyl (C=O) groups excluding carboxylic acids is 1. The normalized spacial score (nSPS) is 11.3. The van der Waals surface area contributed by atoms with Crippen LogP contribution < -0.4 is 5.56 Å². The first-order valence-corrected chi connectivity index (χ1v) is 8.68. The van der Waals surface area contributed by atoms with Gasteiger partial charge >= 0.3 is 5.97 Å². The number of hydrogen-bond donors (Lipinski definition) is 0.